The van der Waals surface area contributed by atoms with Crippen molar-refractivity contribution in [3.8, 4) is 0 Å². The molecule has 0 radical (unpaired) electrons. The van der Waals surface area contributed by atoms with Crippen molar-refractivity contribution < 1.29 is 14.3 Å². The highest BCUT2D eigenvalue weighted by molar-refractivity contribution is 6.03. The summed E-state index contributed by atoms with van der Waals surface area (Å²) in [5.74, 6) is -0.593. The number of nitrogens with zero attached hydrogens (tertiary/aromatic N) is 2. The van der Waals surface area contributed by atoms with Crippen LogP contribution in [0.2, 0.25) is 0 Å². The quantitative estimate of drug-likeness (QED) is 0.695. The van der Waals surface area contributed by atoms with Crippen LogP contribution in [0.4, 0.5) is 5.69 Å². The Morgan fingerprint density at radius 3 is 2.37 bits per heavy atom. The molecule has 0 aliphatic carbocycles. The fourth-order valence-electron chi connectivity index (χ4n) is 2.63. The molecule has 138 valence electrons. The summed E-state index contributed by atoms with van der Waals surface area (Å²) in [6.07, 6.45) is 2.11. The molecule has 1 heterocycles. The van der Waals surface area contributed by atoms with Crippen LogP contribution in [-0.4, -0.2) is 27.9 Å². The molecule has 3 aromatic rings. The molecule has 1 N–H and O–H groups in total. The number of ether oxygens (including phenoxy) is 1. The van der Waals surface area contributed by atoms with Crippen molar-refractivity contribution in [3.63, 3.8) is 0 Å². The largest absolute Gasteiger partial charge is 0.449 e. The number of carbonyl (C=O) groups excluding carboxylic acids is 2. The Balaban J connectivity index is 1.67. The first-order valence-corrected chi connectivity index (χ1v) is 8.77. The molecule has 0 spiro atoms. The number of anilines is 1. The highest BCUT2D eigenvalue weighted by Crippen LogP contribution is 2.18. The van der Waals surface area contributed by atoms with Gasteiger partial charge in [0.05, 0.1) is 11.1 Å². The molecular weight excluding hydrogens is 342 g/mol. The van der Waals surface area contributed by atoms with E-state index in [-0.39, 0.29) is 5.56 Å². The van der Waals surface area contributed by atoms with Crippen molar-refractivity contribution in [1.29, 1.82) is 0 Å². The minimum absolute atomic E-state index is 0.279. The Morgan fingerprint density at radius 2 is 1.67 bits per heavy atom. The minimum Gasteiger partial charge on any atom is -0.449 e. The Kier molecular flexibility index (Phi) is 5.45. The van der Waals surface area contributed by atoms with Gasteiger partial charge in [-0.2, -0.15) is 0 Å². The van der Waals surface area contributed by atoms with E-state index in [1.165, 1.54) is 18.7 Å². The van der Waals surface area contributed by atoms with E-state index >= 15 is 0 Å². The number of amides is 1. The second kappa shape index (κ2) is 7.95. The molecule has 0 bridgehead atoms. The molecule has 0 fully saturated rings. The number of hydrogen-bond acceptors (Lipinski definition) is 5. The maximum Gasteiger partial charge on any atom is 0.341 e. The molecule has 27 heavy (non-hydrogen) atoms. The Bertz CT molecular complexity index is 963. The summed E-state index contributed by atoms with van der Waals surface area (Å²) in [4.78, 5) is 33.2. The molecule has 0 aliphatic rings. The van der Waals surface area contributed by atoms with E-state index in [4.69, 9.17) is 4.74 Å². The van der Waals surface area contributed by atoms with E-state index in [0.717, 1.165) is 0 Å². The zero-order valence-electron chi connectivity index (χ0n) is 15.5. The predicted molar refractivity (Wildman–Crippen MR) is 104 cm³/mol. The summed E-state index contributed by atoms with van der Waals surface area (Å²) in [7, 11) is 0. The van der Waals surface area contributed by atoms with Gasteiger partial charge in [-0.25, -0.2) is 4.79 Å². The maximum atomic E-state index is 12.5. The monoisotopic (exact) mass is 363 g/mol. The Morgan fingerprint density at radius 1 is 0.963 bits per heavy atom. The van der Waals surface area contributed by atoms with Gasteiger partial charge in [-0.3, -0.25) is 14.8 Å². The zero-order valence-corrected chi connectivity index (χ0v) is 15.5. The first-order chi connectivity index (χ1) is 13.0. The zero-order chi connectivity index (χ0) is 19.4. The average Bonchev–Trinajstić information content (AvgIpc) is 2.67. The van der Waals surface area contributed by atoms with Crippen LogP contribution in [-0.2, 0) is 9.53 Å². The lowest BCUT2D eigenvalue weighted by Gasteiger charge is -2.14. The molecule has 1 amide bonds. The standard InChI is InChI=1S/C21H21N3O3/c1-13(2)15-7-9-16(10-8-15)24-20(25)14(3)27-21(26)17-5-4-6-18-19(17)23-12-11-22-18/h4-14H,1-3H3,(H,24,25). The van der Waals surface area contributed by atoms with Crippen molar-refractivity contribution in [1.82, 2.24) is 9.97 Å². The van der Waals surface area contributed by atoms with Gasteiger partial charge in [-0.15, -0.1) is 0 Å². The number of rotatable bonds is 5. The first kappa shape index (κ1) is 18.5. The number of benzene rings is 2. The molecule has 1 aromatic heterocycles. The second-order valence-corrected chi connectivity index (χ2v) is 6.54. The molecule has 2 aromatic carbocycles. The van der Waals surface area contributed by atoms with E-state index in [1.807, 2.05) is 24.3 Å². The van der Waals surface area contributed by atoms with Crippen LogP contribution in [0.5, 0.6) is 0 Å². The molecule has 1 atom stereocenters. The summed E-state index contributed by atoms with van der Waals surface area (Å²) >= 11 is 0. The van der Waals surface area contributed by atoms with Gasteiger partial charge in [-0.1, -0.05) is 32.0 Å². The lowest BCUT2D eigenvalue weighted by Crippen LogP contribution is -2.30. The van der Waals surface area contributed by atoms with E-state index < -0.39 is 18.0 Å². The van der Waals surface area contributed by atoms with Crippen LogP contribution in [0.3, 0.4) is 0 Å². The van der Waals surface area contributed by atoms with Crippen molar-refractivity contribution in [3.05, 3.63) is 66.0 Å². The maximum absolute atomic E-state index is 12.5. The molecule has 0 saturated heterocycles. The minimum atomic E-state index is -0.950. The molecule has 0 aliphatic heterocycles. The SMILES string of the molecule is CC(OC(=O)c1cccc2nccnc12)C(=O)Nc1ccc(C(C)C)cc1. The van der Waals surface area contributed by atoms with Crippen LogP contribution in [0.1, 0.15) is 42.6 Å². The smallest absolute Gasteiger partial charge is 0.341 e. The molecule has 6 nitrogen and oxygen atoms in total. The van der Waals surface area contributed by atoms with Crippen LogP contribution < -0.4 is 5.32 Å². The van der Waals surface area contributed by atoms with E-state index in [2.05, 4.69) is 29.1 Å². The fraction of sp³-hybridized carbons (Fsp3) is 0.238. The number of para-hydroxylation sites is 1. The Hall–Kier alpha value is -3.28. The summed E-state index contributed by atoms with van der Waals surface area (Å²) in [6, 6.07) is 12.7. The predicted octanol–water partition coefficient (Wildman–Crippen LogP) is 3.94. The number of aromatic nitrogens is 2. The third-order valence-corrected chi connectivity index (χ3v) is 4.22. The van der Waals surface area contributed by atoms with Crippen LogP contribution >= 0.6 is 0 Å². The normalized spacial score (nSPS) is 12.0. The van der Waals surface area contributed by atoms with Crippen LogP contribution in [0.25, 0.3) is 11.0 Å². The van der Waals surface area contributed by atoms with Gasteiger partial charge in [0.1, 0.15) is 5.52 Å². The lowest BCUT2D eigenvalue weighted by molar-refractivity contribution is -0.123. The van der Waals surface area contributed by atoms with Gasteiger partial charge in [0.15, 0.2) is 6.10 Å². The number of fused-ring (bicyclic) bond motifs is 1. The lowest BCUT2D eigenvalue weighted by atomic mass is 10.0. The third-order valence-electron chi connectivity index (χ3n) is 4.22. The second-order valence-electron chi connectivity index (χ2n) is 6.54. The van der Waals surface area contributed by atoms with Crippen LogP contribution in [0, 0.1) is 0 Å². The number of hydrogen-bond donors (Lipinski definition) is 1. The highest BCUT2D eigenvalue weighted by Gasteiger charge is 2.21. The van der Waals surface area contributed by atoms with Gasteiger partial charge in [-0.05, 0) is 42.7 Å². The number of nitrogens with one attached hydrogen (secondary N) is 1. The fourth-order valence-corrected chi connectivity index (χ4v) is 2.63. The summed E-state index contributed by atoms with van der Waals surface area (Å²) < 4.78 is 5.32. The molecule has 1 unspecified atom stereocenters. The van der Waals surface area contributed by atoms with Crippen molar-refractivity contribution in [2.24, 2.45) is 0 Å². The van der Waals surface area contributed by atoms with E-state index in [9.17, 15) is 9.59 Å². The molecule has 6 heteroatoms. The van der Waals surface area contributed by atoms with E-state index in [1.54, 1.807) is 24.4 Å². The van der Waals surface area contributed by atoms with Crippen molar-refractivity contribution in [2.45, 2.75) is 32.8 Å². The van der Waals surface area contributed by atoms with Crippen molar-refractivity contribution >= 4 is 28.6 Å². The molecule has 0 saturated carbocycles. The average molecular weight is 363 g/mol. The topological polar surface area (TPSA) is 81.2 Å². The van der Waals surface area contributed by atoms with E-state index in [0.29, 0.717) is 22.6 Å². The van der Waals surface area contributed by atoms with Gasteiger partial charge < -0.3 is 10.1 Å². The van der Waals surface area contributed by atoms with Crippen molar-refractivity contribution in [2.75, 3.05) is 5.32 Å². The molecule has 3 rings (SSSR count). The molecular formula is C21H21N3O3. The van der Waals surface area contributed by atoms with Gasteiger partial charge >= 0.3 is 5.97 Å². The summed E-state index contributed by atoms with van der Waals surface area (Å²) in [6.45, 7) is 5.74. The summed E-state index contributed by atoms with van der Waals surface area (Å²) in [5, 5.41) is 2.76. The van der Waals surface area contributed by atoms with Crippen LogP contribution in [0.15, 0.2) is 54.9 Å². The van der Waals surface area contributed by atoms with Gasteiger partial charge in [0.25, 0.3) is 5.91 Å². The van der Waals surface area contributed by atoms with Gasteiger partial charge in [0, 0.05) is 18.1 Å². The third kappa shape index (κ3) is 4.28. The number of esters is 1. The summed E-state index contributed by atoms with van der Waals surface area (Å²) in [5.41, 5.74) is 3.16. The van der Waals surface area contributed by atoms with Gasteiger partial charge in [0.2, 0.25) is 0 Å². The highest BCUT2D eigenvalue weighted by atomic mass is 16.5. The number of carbonyl (C=O) groups is 2. The first-order valence-electron chi connectivity index (χ1n) is 8.77. The Labute approximate surface area is 157 Å².